The maximum absolute atomic E-state index is 8.98. The van der Waals surface area contributed by atoms with Gasteiger partial charge < -0.3 is 15.4 Å². The molecule has 3 nitrogen and oxygen atoms in total. The van der Waals surface area contributed by atoms with Crippen LogP contribution < -0.4 is 5.73 Å². The third kappa shape index (κ3) is 3.06. The lowest BCUT2D eigenvalue weighted by molar-refractivity contribution is 0.288. The summed E-state index contributed by atoms with van der Waals surface area (Å²) in [7, 11) is 0. The number of fused-ring (bicyclic) bond motifs is 1. The van der Waals surface area contributed by atoms with Gasteiger partial charge in [0.15, 0.2) is 0 Å². The number of nitrogens with two attached hydrogens (primary N) is 1. The molecule has 3 N–H and O–H groups in total. The molecule has 104 valence electrons. The number of aliphatic hydroxyl groups excluding tert-OH is 1. The van der Waals surface area contributed by atoms with Gasteiger partial charge in [0.2, 0.25) is 0 Å². The van der Waals surface area contributed by atoms with Gasteiger partial charge in [0.1, 0.15) is 0 Å². The Balaban J connectivity index is 2.49. The van der Waals surface area contributed by atoms with Gasteiger partial charge in [0.05, 0.1) is 15.6 Å². The van der Waals surface area contributed by atoms with E-state index in [1.54, 1.807) is 0 Å². The molecule has 1 aromatic heterocycles. The Morgan fingerprint density at radius 3 is 2.68 bits per heavy atom. The quantitative estimate of drug-likeness (QED) is 0.860. The molecule has 0 saturated heterocycles. The summed E-state index contributed by atoms with van der Waals surface area (Å²) in [6.45, 7) is 1.66. The zero-order chi connectivity index (χ0) is 13.8. The SMILES string of the molecule is NCCCn1cc(CCCO)c2ccc(Cl)c(Cl)c21. The van der Waals surface area contributed by atoms with E-state index in [1.807, 2.05) is 12.1 Å². The zero-order valence-corrected chi connectivity index (χ0v) is 12.2. The molecule has 2 aromatic rings. The molecule has 0 radical (unpaired) electrons. The maximum Gasteiger partial charge on any atom is 0.0835 e. The van der Waals surface area contributed by atoms with Crippen molar-refractivity contribution in [3.05, 3.63) is 33.9 Å². The molecule has 0 spiro atoms. The Kier molecular flexibility index (Phi) is 5.11. The fourth-order valence-corrected chi connectivity index (χ4v) is 2.73. The smallest absolute Gasteiger partial charge is 0.0835 e. The molecular formula is C14H18Cl2N2O. The molecule has 5 heteroatoms. The first-order valence-corrected chi connectivity index (χ1v) is 7.21. The first kappa shape index (κ1) is 14.7. The highest BCUT2D eigenvalue weighted by molar-refractivity contribution is 6.45. The number of hydrogen-bond donors (Lipinski definition) is 2. The minimum Gasteiger partial charge on any atom is -0.396 e. The van der Waals surface area contributed by atoms with E-state index in [9.17, 15) is 0 Å². The van der Waals surface area contributed by atoms with Crippen molar-refractivity contribution in [2.45, 2.75) is 25.8 Å². The molecule has 0 aliphatic carbocycles. The van der Waals surface area contributed by atoms with Gasteiger partial charge in [-0.05, 0) is 37.4 Å². The van der Waals surface area contributed by atoms with Crippen molar-refractivity contribution in [2.75, 3.05) is 13.2 Å². The van der Waals surface area contributed by atoms with E-state index in [2.05, 4.69) is 10.8 Å². The van der Waals surface area contributed by atoms with Gasteiger partial charge in [0, 0.05) is 24.7 Å². The number of hydrogen-bond acceptors (Lipinski definition) is 2. The number of aliphatic hydroxyl groups is 1. The molecule has 1 aromatic carbocycles. The summed E-state index contributed by atoms with van der Waals surface area (Å²) in [5.41, 5.74) is 7.73. The standard InChI is InChI=1S/C14H18Cl2N2O/c15-12-5-4-11-10(3-1-8-19)9-18(7-2-6-17)14(11)13(12)16/h4-5,9,19H,1-3,6-8,17H2. The second kappa shape index (κ2) is 6.62. The molecule has 0 saturated carbocycles. The average Bonchev–Trinajstić information content (AvgIpc) is 2.77. The highest BCUT2D eigenvalue weighted by atomic mass is 35.5. The van der Waals surface area contributed by atoms with Crippen molar-refractivity contribution in [3.8, 4) is 0 Å². The van der Waals surface area contributed by atoms with Gasteiger partial charge in [-0.25, -0.2) is 0 Å². The number of benzene rings is 1. The van der Waals surface area contributed by atoms with Crippen molar-refractivity contribution in [3.63, 3.8) is 0 Å². The molecule has 0 unspecified atom stereocenters. The predicted molar refractivity (Wildman–Crippen MR) is 81.0 cm³/mol. The van der Waals surface area contributed by atoms with Crippen molar-refractivity contribution < 1.29 is 5.11 Å². The number of aryl methyl sites for hydroxylation is 2. The predicted octanol–water partition coefficient (Wildman–Crippen LogP) is 3.22. The van der Waals surface area contributed by atoms with E-state index in [1.165, 1.54) is 5.56 Å². The Hall–Kier alpha value is -0.740. The lowest BCUT2D eigenvalue weighted by atomic mass is 10.1. The second-order valence-electron chi connectivity index (χ2n) is 4.57. The maximum atomic E-state index is 8.98. The van der Waals surface area contributed by atoms with Crippen molar-refractivity contribution in [2.24, 2.45) is 5.73 Å². The summed E-state index contributed by atoms with van der Waals surface area (Å²) in [5, 5.41) is 11.2. The van der Waals surface area contributed by atoms with Gasteiger partial charge in [0.25, 0.3) is 0 Å². The van der Waals surface area contributed by atoms with Crippen LogP contribution in [0.4, 0.5) is 0 Å². The van der Waals surface area contributed by atoms with Crippen LogP contribution in [0.15, 0.2) is 18.3 Å². The Labute approximate surface area is 122 Å². The summed E-state index contributed by atoms with van der Waals surface area (Å²) >= 11 is 12.4. The normalized spacial score (nSPS) is 11.4. The summed E-state index contributed by atoms with van der Waals surface area (Å²) in [6.07, 6.45) is 4.57. The third-order valence-electron chi connectivity index (χ3n) is 3.22. The molecule has 0 aliphatic heterocycles. The van der Waals surface area contributed by atoms with E-state index in [0.29, 0.717) is 16.6 Å². The topological polar surface area (TPSA) is 51.2 Å². The van der Waals surface area contributed by atoms with Crippen LogP contribution in [0.25, 0.3) is 10.9 Å². The van der Waals surface area contributed by atoms with E-state index < -0.39 is 0 Å². The monoisotopic (exact) mass is 300 g/mol. The van der Waals surface area contributed by atoms with Crippen LogP contribution in [0.5, 0.6) is 0 Å². The van der Waals surface area contributed by atoms with Gasteiger partial charge in [-0.15, -0.1) is 0 Å². The molecule has 0 amide bonds. The first-order chi connectivity index (χ1) is 9.19. The van der Waals surface area contributed by atoms with E-state index >= 15 is 0 Å². The lowest BCUT2D eigenvalue weighted by Gasteiger charge is -2.06. The molecule has 0 fully saturated rings. The van der Waals surface area contributed by atoms with E-state index in [0.717, 1.165) is 36.7 Å². The van der Waals surface area contributed by atoms with Gasteiger partial charge in [-0.2, -0.15) is 0 Å². The number of nitrogens with zero attached hydrogens (tertiary/aromatic N) is 1. The summed E-state index contributed by atoms with van der Waals surface area (Å²) in [5.74, 6) is 0. The van der Waals surface area contributed by atoms with Gasteiger partial charge in [-0.3, -0.25) is 0 Å². The first-order valence-electron chi connectivity index (χ1n) is 6.45. The largest absolute Gasteiger partial charge is 0.396 e. The van der Waals surface area contributed by atoms with Gasteiger partial charge >= 0.3 is 0 Å². The zero-order valence-electron chi connectivity index (χ0n) is 10.7. The number of aromatic nitrogens is 1. The average molecular weight is 301 g/mol. The Bertz CT molecular complexity index is 566. The number of halogens is 2. The van der Waals surface area contributed by atoms with E-state index in [-0.39, 0.29) is 6.61 Å². The van der Waals surface area contributed by atoms with Crippen LogP contribution >= 0.6 is 23.2 Å². The summed E-state index contributed by atoms with van der Waals surface area (Å²) in [6, 6.07) is 3.82. The second-order valence-corrected chi connectivity index (χ2v) is 5.36. The highest BCUT2D eigenvalue weighted by Gasteiger charge is 2.13. The minimum atomic E-state index is 0.191. The van der Waals surface area contributed by atoms with Gasteiger partial charge in [-0.1, -0.05) is 29.3 Å². The molecule has 19 heavy (non-hydrogen) atoms. The third-order valence-corrected chi connectivity index (χ3v) is 4.02. The van der Waals surface area contributed by atoms with Crippen LogP contribution in [-0.2, 0) is 13.0 Å². The fraction of sp³-hybridized carbons (Fsp3) is 0.429. The molecular weight excluding hydrogens is 283 g/mol. The van der Waals surface area contributed by atoms with Crippen LogP contribution in [0.2, 0.25) is 10.0 Å². The van der Waals surface area contributed by atoms with Crippen molar-refractivity contribution in [1.82, 2.24) is 4.57 Å². The molecule has 0 aliphatic rings. The minimum absolute atomic E-state index is 0.191. The Morgan fingerprint density at radius 1 is 1.21 bits per heavy atom. The molecule has 1 heterocycles. The lowest BCUT2D eigenvalue weighted by Crippen LogP contribution is -2.05. The van der Waals surface area contributed by atoms with Crippen molar-refractivity contribution >= 4 is 34.1 Å². The van der Waals surface area contributed by atoms with Crippen LogP contribution in [0, 0.1) is 0 Å². The molecule has 2 rings (SSSR count). The fourth-order valence-electron chi connectivity index (χ4n) is 2.31. The number of rotatable bonds is 6. The molecule has 0 atom stereocenters. The van der Waals surface area contributed by atoms with E-state index in [4.69, 9.17) is 34.0 Å². The molecule has 0 bridgehead atoms. The van der Waals surface area contributed by atoms with Crippen LogP contribution in [-0.4, -0.2) is 22.8 Å². The Morgan fingerprint density at radius 2 is 2.00 bits per heavy atom. The van der Waals surface area contributed by atoms with Crippen molar-refractivity contribution in [1.29, 1.82) is 0 Å². The van der Waals surface area contributed by atoms with Crippen LogP contribution in [0.1, 0.15) is 18.4 Å². The summed E-state index contributed by atoms with van der Waals surface area (Å²) < 4.78 is 2.11. The highest BCUT2D eigenvalue weighted by Crippen LogP contribution is 2.34. The van der Waals surface area contributed by atoms with Crippen LogP contribution in [0.3, 0.4) is 0 Å². The summed E-state index contributed by atoms with van der Waals surface area (Å²) in [4.78, 5) is 0.